The summed E-state index contributed by atoms with van der Waals surface area (Å²) in [6, 6.07) is 6.39. The van der Waals surface area contributed by atoms with Crippen LogP contribution in [0.3, 0.4) is 0 Å². The lowest BCUT2D eigenvalue weighted by molar-refractivity contribution is 0.381. The Bertz CT molecular complexity index is 653. The van der Waals surface area contributed by atoms with E-state index in [4.69, 9.17) is 0 Å². The number of aliphatic imine (C=N–C) groups is 1. The van der Waals surface area contributed by atoms with Crippen molar-refractivity contribution in [3.05, 3.63) is 63.4 Å². The van der Waals surface area contributed by atoms with Crippen LogP contribution in [0.4, 0.5) is 27.6 Å². The van der Waals surface area contributed by atoms with Gasteiger partial charge in [0, 0.05) is 10.7 Å². The first-order valence-electron chi connectivity index (χ1n) is 5.23. The summed E-state index contributed by atoms with van der Waals surface area (Å²) in [6.45, 7) is 0. The van der Waals surface area contributed by atoms with Crippen LogP contribution in [0.25, 0.3) is 0 Å². The summed E-state index contributed by atoms with van der Waals surface area (Å²) in [5, 5.41) is 0. The highest BCUT2D eigenvalue weighted by molar-refractivity contribution is 9.10. The Morgan fingerprint density at radius 1 is 0.750 bits per heavy atom. The molecule has 0 aliphatic carbocycles. The monoisotopic (exact) mass is 349 g/mol. The Morgan fingerprint density at radius 3 is 1.70 bits per heavy atom. The van der Waals surface area contributed by atoms with Crippen LogP contribution in [-0.4, -0.2) is 6.21 Å². The highest BCUT2D eigenvalue weighted by Gasteiger charge is 2.25. The molecule has 0 aliphatic heterocycles. The van der Waals surface area contributed by atoms with Gasteiger partial charge in [-0.1, -0.05) is 28.1 Å². The minimum atomic E-state index is -2.21. The second-order valence-corrected chi connectivity index (χ2v) is 4.64. The Morgan fingerprint density at radius 2 is 1.20 bits per heavy atom. The largest absolute Gasteiger partial charge is 0.250 e. The van der Waals surface area contributed by atoms with Gasteiger partial charge in [0.25, 0.3) is 0 Å². The first kappa shape index (κ1) is 14.6. The van der Waals surface area contributed by atoms with Gasteiger partial charge in [-0.25, -0.2) is 26.9 Å². The van der Waals surface area contributed by atoms with Gasteiger partial charge in [-0.05, 0) is 17.7 Å². The maximum absolute atomic E-state index is 13.3. The standard InChI is InChI=1S/C13H5BrF5N/c14-7-3-1-6(2-4-7)5-20-13-11(18)9(16)8(15)10(17)12(13)19/h1-5H. The molecule has 0 saturated carbocycles. The van der Waals surface area contributed by atoms with Crippen molar-refractivity contribution in [1.82, 2.24) is 0 Å². The molecule has 0 aromatic heterocycles. The smallest absolute Gasteiger partial charge is 0.200 e. The van der Waals surface area contributed by atoms with Crippen LogP contribution >= 0.6 is 15.9 Å². The molecule has 0 aliphatic rings. The quantitative estimate of drug-likeness (QED) is 0.316. The minimum Gasteiger partial charge on any atom is -0.250 e. The number of nitrogens with zero attached hydrogens (tertiary/aromatic N) is 1. The number of hydrogen-bond donors (Lipinski definition) is 0. The molecular weight excluding hydrogens is 345 g/mol. The van der Waals surface area contributed by atoms with Gasteiger partial charge in [-0.2, -0.15) is 0 Å². The first-order chi connectivity index (χ1) is 9.41. The molecule has 0 atom stereocenters. The normalized spacial score (nSPS) is 11.3. The van der Waals surface area contributed by atoms with E-state index in [0.29, 0.717) is 5.56 Å². The molecule has 2 aromatic rings. The van der Waals surface area contributed by atoms with E-state index in [9.17, 15) is 22.0 Å². The minimum absolute atomic E-state index is 0.442. The second-order valence-electron chi connectivity index (χ2n) is 3.73. The molecule has 0 heterocycles. The molecule has 2 aromatic carbocycles. The fraction of sp³-hybridized carbons (Fsp3) is 0. The lowest BCUT2D eigenvalue weighted by Crippen LogP contribution is -2.00. The van der Waals surface area contributed by atoms with E-state index in [1.807, 2.05) is 0 Å². The van der Waals surface area contributed by atoms with Crippen LogP contribution in [0.5, 0.6) is 0 Å². The topological polar surface area (TPSA) is 12.4 Å². The highest BCUT2D eigenvalue weighted by atomic mass is 79.9. The van der Waals surface area contributed by atoms with Crippen molar-refractivity contribution in [2.45, 2.75) is 0 Å². The first-order valence-corrected chi connectivity index (χ1v) is 6.02. The third-order valence-electron chi connectivity index (χ3n) is 2.40. The third-order valence-corrected chi connectivity index (χ3v) is 2.93. The van der Waals surface area contributed by atoms with Gasteiger partial charge in [0.1, 0.15) is 5.69 Å². The van der Waals surface area contributed by atoms with Crippen molar-refractivity contribution in [2.24, 2.45) is 4.99 Å². The van der Waals surface area contributed by atoms with E-state index < -0.39 is 34.8 Å². The lowest BCUT2D eigenvalue weighted by Gasteiger charge is -2.03. The zero-order valence-electron chi connectivity index (χ0n) is 9.60. The van der Waals surface area contributed by atoms with E-state index in [-0.39, 0.29) is 0 Å². The summed E-state index contributed by atoms with van der Waals surface area (Å²) in [6.07, 6.45) is 1.00. The summed E-state index contributed by atoms with van der Waals surface area (Å²) in [4.78, 5) is 3.33. The Hall–Kier alpha value is -1.76. The Labute approximate surface area is 118 Å². The number of hydrogen-bond acceptors (Lipinski definition) is 1. The van der Waals surface area contributed by atoms with Gasteiger partial charge < -0.3 is 0 Å². The SMILES string of the molecule is Fc1c(F)c(F)c(N=Cc2ccc(Br)cc2)c(F)c1F. The van der Waals surface area contributed by atoms with Gasteiger partial charge in [0.05, 0.1) is 0 Å². The molecule has 1 nitrogen and oxygen atoms in total. The number of halogens is 6. The van der Waals surface area contributed by atoms with E-state index >= 15 is 0 Å². The molecule has 0 radical (unpaired) electrons. The summed E-state index contributed by atoms with van der Waals surface area (Å²) in [5.74, 6) is -10.2. The molecule has 0 saturated heterocycles. The predicted octanol–water partition coefficient (Wildman–Crippen LogP) is 4.90. The summed E-state index contributed by atoms with van der Waals surface area (Å²) >= 11 is 3.19. The van der Waals surface area contributed by atoms with Crippen LogP contribution in [0, 0.1) is 29.1 Å². The number of benzene rings is 2. The van der Waals surface area contributed by atoms with Gasteiger partial charge in [0.15, 0.2) is 23.3 Å². The molecule has 0 amide bonds. The van der Waals surface area contributed by atoms with Crippen LogP contribution in [0.15, 0.2) is 33.7 Å². The van der Waals surface area contributed by atoms with E-state index in [0.717, 1.165) is 10.7 Å². The summed E-state index contributed by atoms with van der Waals surface area (Å²) < 4.78 is 66.1. The second kappa shape index (κ2) is 5.70. The van der Waals surface area contributed by atoms with Gasteiger partial charge in [0.2, 0.25) is 5.82 Å². The van der Waals surface area contributed by atoms with Crippen molar-refractivity contribution < 1.29 is 22.0 Å². The van der Waals surface area contributed by atoms with Crippen LogP contribution in [-0.2, 0) is 0 Å². The van der Waals surface area contributed by atoms with Crippen LogP contribution in [0.1, 0.15) is 5.56 Å². The van der Waals surface area contributed by atoms with Crippen LogP contribution in [0.2, 0.25) is 0 Å². The van der Waals surface area contributed by atoms with E-state index in [1.165, 1.54) is 0 Å². The number of rotatable bonds is 2. The fourth-order valence-electron chi connectivity index (χ4n) is 1.39. The molecule has 0 unspecified atom stereocenters. The van der Waals surface area contributed by atoms with E-state index in [2.05, 4.69) is 20.9 Å². The molecule has 7 heteroatoms. The van der Waals surface area contributed by atoms with Crippen LogP contribution < -0.4 is 0 Å². The van der Waals surface area contributed by atoms with Crippen molar-refractivity contribution >= 4 is 27.8 Å². The van der Waals surface area contributed by atoms with Crippen molar-refractivity contribution in [3.63, 3.8) is 0 Å². The zero-order valence-corrected chi connectivity index (χ0v) is 11.2. The molecule has 20 heavy (non-hydrogen) atoms. The van der Waals surface area contributed by atoms with Gasteiger partial charge in [-0.3, -0.25) is 0 Å². The average Bonchev–Trinajstić information content (AvgIpc) is 2.45. The molecule has 0 bridgehead atoms. The maximum atomic E-state index is 13.3. The Balaban J connectivity index is 2.46. The summed E-state index contributed by atoms with van der Waals surface area (Å²) in [7, 11) is 0. The van der Waals surface area contributed by atoms with Crippen molar-refractivity contribution in [3.8, 4) is 0 Å². The molecular formula is C13H5BrF5N. The molecule has 0 fully saturated rings. The zero-order chi connectivity index (χ0) is 14.9. The Kier molecular flexibility index (Phi) is 4.17. The average molecular weight is 350 g/mol. The maximum Gasteiger partial charge on any atom is 0.200 e. The molecule has 104 valence electrons. The van der Waals surface area contributed by atoms with Crippen molar-refractivity contribution in [2.75, 3.05) is 0 Å². The highest BCUT2D eigenvalue weighted by Crippen LogP contribution is 2.29. The van der Waals surface area contributed by atoms with Gasteiger partial charge in [-0.15, -0.1) is 0 Å². The van der Waals surface area contributed by atoms with Crippen molar-refractivity contribution in [1.29, 1.82) is 0 Å². The lowest BCUT2D eigenvalue weighted by atomic mass is 10.2. The van der Waals surface area contributed by atoms with Gasteiger partial charge >= 0.3 is 0 Å². The molecule has 0 spiro atoms. The molecule has 0 N–H and O–H groups in total. The molecule has 2 rings (SSSR count). The third kappa shape index (κ3) is 2.72. The fourth-order valence-corrected chi connectivity index (χ4v) is 1.66. The predicted molar refractivity (Wildman–Crippen MR) is 67.6 cm³/mol. The summed E-state index contributed by atoms with van der Waals surface area (Å²) in [5.41, 5.74) is -0.776. The van der Waals surface area contributed by atoms with E-state index in [1.54, 1.807) is 24.3 Å².